The molecular weight excluding hydrogens is 194 g/mol. The third-order valence-electron chi connectivity index (χ3n) is 3.03. The summed E-state index contributed by atoms with van der Waals surface area (Å²) < 4.78 is 13.5. The van der Waals surface area contributed by atoms with Gasteiger partial charge in [-0.3, -0.25) is 0 Å². The maximum atomic E-state index is 13.5. The molecule has 0 bridgehead atoms. The highest BCUT2D eigenvalue weighted by atomic mass is 19.1. The quantitative estimate of drug-likeness (QED) is 0.550. The average Bonchev–Trinajstić information content (AvgIpc) is 2.29. The molecule has 0 nitrogen and oxygen atoms in total. The van der Waals surface area contributed by atoms with Gasteiger partial charge in [0.05, 0.1) is 0 Å². The smallest absolute Gasteiger partial charge is 0.117 e. The predicted molar refractivity (Wildman–Crippen MR) is 71.3 cm³/mol. The van der Waals surface area contributed by atoms with E-state index >= 15 is 0 Å². The Kier molecular flexibility index (Phi) is 4.35. The summed E-state index contributed by atoms with van der Waals surface area (Å²) in [6.45, 7) is 4.03. The second-order valence-electron chi connectivity index (χ2n) is 3.90. The molecule has 0 aliphatic heterocycles. The van der Waals surface area contributed by atoms with Crippen LogP contribution in [-0.4, -0.2) is 31.4 Å². The van der Waals surface area contributed by atoms with Crippen LogP contribution in [0.15, 0.2) is 0 Å². The van der Waals surface area contributed by atoms with Crippen LogP contribution in [0.4, 0.5) is 4.39 Å². The number of halogens is 1. The van der Waals surface area contributed by atoms with Gasteiger partial charge in [0, 0.05) is 0 Å². The van der Waals surface area contributed by atoms with Crippen LogP contribution in [0.25, 0.3) is 0 Å². The monoisotopic (exact) mass is 206 g/mol. The molecule has 0 heterocycles. The molecule has 0 atom stereocenters. The highest BCUT2D eigenvalue weighted by Gasteiger charge is 2.17. The van der Waals surface area contributed by atoms with E-state index in [0.29, 0.717) is 5.56 Å². The number of benzene rings is 1. The van der Waals surface area contributed by atoms with Crippen molar-refractivity contribution in [3.8, 4) is 0 Å². The standard InChI is InChI=1S/C11H11B4F/c1-3-5(4-2)6-7(12)9(14)11(16)10(15)8(6)13/h5H,3-4H2,1-2H3. The molecule has 0 aliphatic rings. The Morgan fingerprint density at radius 3 is 1.56 bits per heavy atom. The molecule has 5 heteroatoms. The maximum Gasteiger partial charge on any atom is 0.117 e. The van der Waals surface area contributed by atoms with Gasteiger partial charge in [-0.1, -0.05) is 41.3 Å². The Morgan fingerprint density at radius 2 is 1.25 bits per heavy atom. The lowest BCUT2D eigenvalue weighted by Gasteiger charge is -2.24. The van der Waals surface area contributed by atoms with Crippen molar-refractivity contribution >= 4 is 53.2 Å². The van der Waals surface area contributed by atoms with E-state index in [-0.39, 0.29) is 27.8 Å². The minimum atomic E-state index is -0.718. The number of hydrogen-bond donors (Lipinski definition) is 0. The Bertz CT molecular complexity index is 370. The van der Waals surface area contributed by atoms with Gasteiger partial charge in [0.15, 0.2) is 0 Å². The Hall–Kier alpha value is -0.590. The van der Waals surface area contributed by atoms with Crippen LogP contribution in [0.5, 0.6) is 0 Å². The molecule has 0 spiro atoms. The van der Waals surface area contributed by atoms with Crippen LogP contribution in [0.2, 0.25) is 0 Å². The van der Waals surface area contributed by atoms with E-state index in [1.54, 1.807) is 0 Å². The van der Waals surface area contributed by atoms with E-state index < -0.39 is 5.82 Å². The van der Waals surface area contributed by atoms with E-state index in [1.165, 1.54) is 0 Å². The molecule has 0 saturated carbocycles. The van der Waals surface area contributed by atoms with E-state index in [4.69, 9.17) is 31.4 Å². The van der Waals surface area contributed by atoms with E-state index in [1.807, 2.05) is 13.8 Å². The molecule has 1 aromatic rings. The van der Waals surface area contributed by atoms with E-state index in [9.17, 15) is 4.39 Å². The first kappa shape index (κ1) is 13.5. The summed E-state index contributed by atoms with van der Waals surface area (Å²) in [7, 11) is 22.7. The molecule has 74 valence electrons. The van der Waals surface area contributed by atoms with Gasteiger partial charge in [-0.2, -0.15) is 0 Å². The predicted octanol–water partition coefficient (Wildman–Crippen LogP) is -1.10. The van der Waals surface area contributed by atoms with Crippen LogP contribution >= 0.6 is 0 Å². The van der Waals surface area contributed by atoms with Crippen molar-refractivity contribution in [2.75, 3.05) is 0 Å². The first-order chi connectivity index (χ1) is 7.45. The van der Waals surface area contributed by atoms with Gasteiger partial charge in [-0.15, -0.1) is 0 Å². The van der Waals surface area contributed by atoms with Crippen molar-refractivity contribution < 1.29 is 4.39 Å². The van der Waals surface area contributed by atoms with Crippen molar-refractivity contribution in [1.29, 1.82) is 0 Å². The fraction of sp³-hybridized carbons (Fsp3) is 0.455. The van der Waals surface area contributed by atoms with Gasteiger partial charge in [0.2, 0.25) is 0 Å². The molecule has 1 rings (SSSR count). The van der Waals surface area contributed by atoms with Gasteiger partial charge in [0.1, 0.15) is 37.2 Å². The van der Waals surface area contributed by atoms with E-state index in [0.717, 1.165) is 12.8 Å². The van der Waals surface area contributed by atoms with Gasteiger partial charge in [-0.05, 0) is 18.8 Å². The topological polar surface area (TPSA) is 0 Å². The lowest BCUT2D eigenvalue weighted by molar-refractivity contribution is 0.635. The third kappa shape index (κ3) is 2.09. The first-order valence-electron chi connectivity index (χ1n) is 5.36. The molecule has 16 heavy (non-hydrogen) atoms. The zero-order valence-corrected chi connectivity index (χ0v) is 9.68. The minimum absolute atomic E-state index is 0.103. The summed E-state index contributed by atoms with van der Waals surface area (Å²) in [5.41, 5.74) is 0.916. The summed E-state index contributed by atoms with van der Waals surface area (Å²) >= 11 is 0. The average molecular weight is 205 g/mol. The lowest BCUT2D eigenvalue weighted by atomic mass is 9.64. The molecule has 0 fully saturated rings. The van der Waals surface area contributed by atoms with Gasteiger partial charge in [-0.25, -0.2) is 4.39 Å². The fourth-order valence-electron chi connectivity index (χ4n) is 1.95. The van der Waals surface area contributed by atoms with Crippen molar-refractivity contribution in [3.63, 3.8) is 0 Å². The zero-order chi connectivity index (χ0) is 12.5. The molecular formula is C11H11B4F. The molecule has 0 saturated heterocycles. The first-order valence-corrected chi connectivity index (χ1v) is 5.36. The van der Waals surface area contributed by atoms with Gasteiger partial charge in [0.25, 0.3) is 0 Å². The lowest BCUT2D eigenvalue weighted by Crippen LogP contribution is -2.48. The second-order valence-corrected chi connectivity index (χ2v) is 3.90. The highest BCUT2D eigenvalue weighted by molar-refractivity contribution is 6.57. The summed E-state index contributed by atoms with van der Waals surface area (Å²) in [6.07, 6.45) is 1.71. The zero-order valence-electron chi connectivity index (χ0n) is 9.68. The Labute approximate surface area is 102 Å². The number of hydrogen-bond acceptors (Lipinski definition) is 0. The molecule has 0 unspecified atom stereocenters. The fourth-order valence-corrected chi connectivity index (χ4v) is 1.95. The van der Waals surface area contributed by atoms with Crippen molar-refractivity contribution in [1.82, 2.24) is 0 Å². The molecule has 8 radical (unpaired) electrons. The van der Waals surface area contributed by atoms with Gasteiger partial charge < -0.3 is 0 Å². The van der Waals surface area contributed by atoms with Crippen LogP contribution < -0.4 is 21.9 Å². The highest BCUT2D eigenvalue weighted by Crippen LogP contribution is 2.18. The van der Waals surface area contributed by atoms with Gasteiger partial charge >= 0.3 is 0 Å². The largest absolute Gasteiger partial charge is 0.208 e. The molecule has 0 aromatic heterocycles. The SMILES string of the molecule is [B]c1c([B])c(C(CC)CC)c([B])c([B])c1F. The van der Waals surface area contributed by atoms with Crippen molar-refractivity contribution in [2.45, 2.75) is 32.6 Å². The van der Waals surface area contributed by atoms with Crippen molar-refractivity contribution in [2.24, 2.45) is 0 Å². The van der Waals surface area contributed by atoms with Crippen molar-refractivity contribution in [3.05, 3.63) is 11.4 Å². The Balaban J connectivity index is 3.50. The summed E-state index contributed by atoms with van der Waals surface area (Å²) in [6, 6.07) is 0. The van der Waals surface area contributed by atoms with E-state index in [2.05, 4.69) is 0 Å². The molecule has 1 aromatic carbocycles. The third-order valence-corrected chi connectivity index (χ3v) is 3.03. The second kappa shape index (κ2) is 5.16. The van der Waals surface area contributed by atoms with Crippen LogP contribution in [0.3, 0.4) is 0 Å². The maximum absolute atomic E-state index is 13.5. The minimum Gasteiger partial charge on any atom is -0.208 e. The molecule has 0 N–H and O–H groups in total. The van der Waals surface area contributed by atoms with Crippen LogP contribution in [-0.2, 0) is 0 Å². The van der Waals surface area contributed by atoms with Crippen LogP contribution in [0.1, 0.15) is 38.2 Å². The molecule has 0 aliphatic carbocycles. The summed E-state index contributed by atoms with van der Waals surface area (Å²) in [4.78, 5) is 0. The summed E-state index contributed by atoms with van der Waals surface area (Å²) in [5, 5.41) is 0. The number of rotatable bonds is 3. The Morgan fingerprint density at radius 1 is 0.875 bits per heavy atom. The molecule has 0 amide bonds. The normalized spacial score (nSPS) is 11.0. The summed E-state index contributed by atoms with van der Waals surface area (Å²) in [5.74, 6) is -0.560. The van der Waals surface area contributed by atoms with Crippen LogP contribution in [0, 0.1) is 5.82 Å².